The first kappa shape index (κ1) is 16.6. The van der Waals surface area contributed by atoms with Gasteiger partial charge in [0.15, 0.2) is 11.2 Å². The van der Waals surface area contributed by atoms with Crippen molar-refractivity contribution in [2.45, 2.75) is 11.6 Å². The molecule has 3 aliphatic heterocycles. The number of carbonyl (C=O) groups excluding carboxylic acids is 1. The van der Waals surface area contributed by atoms with E-state index >= 15 is 0 Å². The van der Waals surface area contributed by atoms with Gasteiger partial charge in [-0.05, 0) is 16.7 Å². The number of carbonyl (C=O) groups is 1. The van der Waals surface area contributed by atoms with E-state index in [9.17, 15) is 14.8 Å². The summed E-state index contributed by atoms with van der Waals surface area (Å²) >= 11 is 0. The fourth-order valence-electron chi connectivity index (χ4n) is 4.25. The molecule has 1 fully saturated rings. The number of esters is 1. The van der Waals surface area contributed by atoms with Crippen LogP contribution in [0, 0.1) is 4.91 Å². The van der Waals surface area contributed by atoms with Crippen LogP contribution in [0.1, 0.15) is 5.56 Å². The van der Waals surface area contributed by atoms with Crippen molar-refractivity contribution in [3.63, 3.8) is 0 Å². The van der Waals surface area contributed by atoms with E-state index in [2.05, 4.69) is 10.3 Å². The molecule has 1 saturated heterocycles. The lowest BCUT2D eigenvalue weighted by Crippen LogP contribution is -2.59. The first-order valence-corrected chi connectivity index (χ1v) is 8.82. The van der Waals surface area contributed by atoms with Crippen LogP contribution in [-0.4, -0.2) is 46.6 Å². The first-order chi connectivity index (χ1) is 13.6. The van der Waals surface area contributed by atoms with Crippen LogP contribution in [0.2, 0.25) is 0 Å². The predicted molar refractivity (Wildman–Crippen MR) is 99.4 cm³/mol. The van der Waals surface area contributed by atoms with Gasteiger partial charge in [0.1, 0.15) is 0 Å². The molecule has 0 amide bonds. The average Bonchev–Trinajstić information content (AvgIpc) is 3.14. The molecule has 140 valence electrons. The Morgan fingerprint density at radius 2 is 2.18 bits per heavy atom. The molecule has 5 rings (SSSR count). The summed E-state index contributed by atoms with van der Waals surface area (Å²) < 4.78 is 5.43. The topological polar surface area (TPSA) is 94.2 Å². The Kier molecular flexibility index (Phi) is 3.41. The molecular weight excluding hydrogens is 360 g/mol. The summed E-state index contributed by atoms with van der Waals surface area (Å²) in [5, 5.41) is 14.3. The van der Waals surface area contributed by atoms with E-state index < -0.39 is 17.6 Å². The van der Waals surface area contributed by atoms with Crippen LogP contribution in [-0.2, 0) is 14.9 Å². The van der Waals surface area contributed by atoms with Crippen molar-refractivity contribution < 1.29 is 19.4 Å². The van der Waals surface area contributed by atoms with Gasteiger partial charge in [-0.3, -0.25) is 4.90 Å². The Bertz CT molecular complexity index is 1070. The number of fused-ring (bicyclic) bond motifs is 4. The molecule has 2 N–H and O–H groups in total. The van der Waals surface area contributed by atoms with Crippen LogP contribution >= 0.6 is 0 Å². The van der Waals surface area contributed by atoms with Crippen LogP contribution in [0.25, 0.3) is 0 Å². The van der Waals surface area contributed by atoms with Crippen molar-refractivity contribution in [2.75, 3.05) is 13.8 Å². The number of hydrogen-bond donors (Lipinski definition) is 2. The highest BCUT2D eigenvalue weighted by Gasteiger charge is 2.61. The van der Waals surface area contributed by atoms with Gasteiger partial charge in [0.2, 0.25) is 5.84 Å². The van der Waals surface area contributed by atoms with Crippen molar-refractivity contribution >= 4 is 11.8 Å². The number of methoxy groups -OCH3 is 1. The summed E-state index contributed by atoms with van der Waals surface area (Å²) in [7, 11) is 1.30. The smallest absolute Gasteiger partial charge is 0.374 e. The van der Waals surface area contributed by atoms with Crippen molar-refractivity contribution in [2.24, 2.45) is 4.99 Å². The van der Waals surface area contributed by atoms with Gasteiger partial charge in [-0.2, -0.15) is 0 Å². The van der Waals surface area contributed by atoms with E-state index in [1.54, 1.807) is 11.1 Å². The quantitative estimate of drug-likeness (QED) is 0.591. The highest BCUT2D eigenvalue weighted by Crippen LogP contribution is 2.52. The SMILES string of the molecule is COC(=O)C1=NC2=C3NC[N+](=O)[C@@H](O)[C@@]3(c3ccccc3)C3=CC=CC3=CN12. The van der Waals surface area contributed by atoms with E-state index in [-0.39, 0.29) is 12.5 Å². The van der Waals surface area contributed by atoms with Crippen LogP contribution < -0.4 is 5.32 Å². The number of aliphatic hydroxyl groups excluding tert-OH is 1. The lowest BCUT2D eigenvalue weighted by molar-refractivity contribution is -0.646. The Hall–Kier alpha value is -3.52. The minimum absolute atomic E-state index is 0.0957. The number of nitrogens with one attached hydrogen (secondary N) is 1. The van der Waals surface area contributed by atoms with E-state index in [0.29, 0.717) is 16.3 Å². The largest absolute Gasteiger partial charge is 0.463 e. The second-order valence-electron chi connectivity index (χ2n) is 6.82. The molecule has 0 radical (unpaired) electrons. The van der Waals surface area contributed by atoms with Crippen LogP contribution in [0.15, 0.2) is 82.4 Å². The minimum atomic E-state index is -1.37. The second kappa shape index (κ2) is 5.74. The van der Waals surface area contributed by atoms with Gasteiger partial charge in [0.05, 0.1) is 12.8 Å². The van der Waals surface area contributed by atoms with Crippen molar-refractivity contribution in [3.05, 3.63) is 87.9 Å². The number of amidine groups is 1. The maximum atomic E-state index is 12.5. The Morgan fingerprint density at radius 3 is 2.93 bits per heavy atom. The standard InChI is InChI=1S/C20H16N4O4/c1-28-18(25)17-22-16-15-20(13-7-3-2-4-8-13,19(26)24(27)11-21-15)14-9-5-6-12(14)10-23(16)17/h2-10,19,26H,11H2,1H3/p+1/t19-,20-/m0/s1. The second-order valence-corrected chi connectivity index (χ2v) is 6.82. The number of nitroso groups, excluding NO2 is 1. The average molecular weight is 377 g/mol. The van der Waals surface area contributed by atoms with Crippen LogP contribution in [0.5, 0.6) is 0 Å². The fraction of sp³-hybridized carbons (Fsp3) is 0.200. The predicted octanol–water partition coefficient (Wildman–Crippen LogP) is 1.03. The maximum Gasteiger partial charge on any atom is 0.374 e. The van der Waals surface area contributed by atoms with Gasteiger partial charge in [-0.25, -0.2) is 9.79 Å². The lowest BCUT2D eigenvalue weighted by Gasteiger charge is -2.41. The molecule has 0 aromatic heterocycles. The van der Waals surface area contributed by atoms with Gasteiger partial charge in [-0.15, -0.1) is 0 Å². The van der Waals surface area contributed by atoms with E-state index in [0.717, 1.165) is 16.7 Å². The number of aliphatic hydroxyl groups is 1. The van der Waals surface area contributed by atoms with Gasteiger partial charge in [0.25, 0.3) is 6.67 Å². The highest BCUT2D eigenvalue weighted by molar-refractivity contribution is 6.38. The maximum absolute atomic E-state index is 12.5. The molecule has 0 spiro atoms. The Labute approximate surface area is 160 Å². The van der Waals surface area contributed by atoms with Gasteiger partial charge in [0, 0.05) is 15.9 Å². The Balaban J connectivity index is 1.84. The molecule has 8 heteroatoms. The zero-order valence-electron chi connectivity index (χ0n) is 15.0. The number of hydrogen-bond acceptors (Lipinski definition) is 7. The summed E-state index contributed by atoms with van der Waals surface area (Å²) in [6, 6.07) is 9.35. The van der Waals surface area contributed by atoms with Crippen LogP contribution in [0.3, 0.4) is 0 Å². The number of rotatable bonds is 2. The monoisotopic (exact) mass is 377 g/mol. The summed E-state index contributed by atoms with van der Waals surface area (Å²) in [5.74, 6) is 0.0807. The fourth-order valence-corrected chi connectivity index (χ4v) is 4.25. The normalized spacial score (nSPS) is 27.4. The zero-order chi connectivity index (χ0) is 19.5. The third-order valence-electron chi connectivity index (χ3n) is 5.50. The molecule has 8 nitrogen and oxygen atoms in total. The number of aliphatic imine (C=N–C) groups is 1. The van der Waals surface area contributed by atoms with E-state index in [4.69, 9.17) is 4.74 Å². The summed E-state index contributed by atoms with van der Waals surface area (Å²) in [5.41, 5.74) is 1.69. The molecule has 0 unspecified atom stereocenters. The number of nitrogens with zero attached hydrogens (tertiary/aromatic N) is 3. The molecule has 4 aliphatic rings. The van der Waals surface area contributed by atoms with Gasteiger partial charge >= 0.3 is 12.2 Å². The Morgan fingerprint density at radius 1 is 1.39 bits per heavy atom. The summed E-state index contributed by atoms with van der Waals surface area (Å²) in [6.07, 6.45) is 6.03. The molecule has 0 saturated carbocycles. The van der Waals surface area contributed by atoms with Crippen LogP contribution in [0.4, 0.5) is 0 Å². The third-order valence-corrected chi connectivity index (χ3v) is 5.50. The molecule has 1 aliphatic carbocycles. The van der Waals surface area contributed by atoms with Crippen molar-refractivity contribution in [1.29, 1.82) is 0 Å². The van der Waals surface area contributed by atoms with E-state index in [1.807, 2.05) is 48.6 Å². The lowest BCUT2D eigenvalue weighted by atomic mass is 9.67. The van der Waals surface area contributed by atoms with E-state index in [1.165, 1.54) is 7.11 Å². The molecule has 0 bridgehead atoms. The summed E-state index contributed by atoms with van der Waals surface area (Å²) in [6.45, 7) is -0.0957. The summed E-state index contributed by atoms with van der Waals surface area (Å²) in [4.78, 5) is 30.6. The van der Waals surface area contributed by atoms with Gasteiger partial charge in [-0.1, -0.05) is 48.6 Å². The van der Waals surface area contributed by atoms with Gasteiger partial charge < -0.3 is 15.2 Å². The molecule has 1 aromatic rings. The molecular formula is C20H17N4O4+. The van der Waals surface area contributed by atoms with Crippen molar-refractivity contribution in [1.82, 2.24) is 10.2 Å². The first-order valence-electron chi connectivity index (χ1n) is 8.82. The molecule has 3 heterocycles. The number of allylic oxidation sites excluding steroid dienone is 4. The highest BCUT2D eigenvalue weighted by atomic mass is 16.5. The third kappa shape index (κ3) is 1.92. The minimum Gasteiger partial charge on any atom is -0.463 e. The number of benzene rings is 1. The van der Waals surface area contributed by atoms with Crippen molar-refractivity contribution in [3.8, 4) is 0 Å². The zero-order valence-corrected chi connectivity index (χ0v) is 15.0. The molecule has 1 aromatic carbocycles. The molecule has 28 heavy (non-hydrogen) atoms. The molecule has 2 atom stereocenters. The number of ether oxygens (including phenoxy) is 1.